The van der Waals surface area contributed by atoms with E-state index in [0.717, 1.165) is 27.3 Å². The van der Waals surface area contributed by atoms with Crippen LogP contribution in [0.2, 0.25) is 20.1 Å². The van der Waals surface area contributed by atoms with E-state index in [2.05, 4.69) is 25.7 Å². The first-order chi connectivity index (χ1) is 39.7. The Morgan fingerprint density at radius 3 is 2.11 bits per heavy atom. The molecule has 1 aliphatic carbocycles. The molecule has 2 fully saturated rings. The lowest BCUT2D eigenvalue weighted by atomic mass is 9.91. The van der Waals surface area contributed by atoms with Crippen LogP contribution in [0, 0.1) is 25.2 Å². The number of Topliss-reactive ketones (excluding diaryl/α,β-unsaturated/α-hetero) is 1. The van der Waals surface area contributed by atoms with Crippen molar-refractivity contribution < 1.29 is 41.9 Å². The normalized spacial score (nSPS) is 15.8. The van der Waals surface area contributed by atoms with Gasteiger partial charge < -0.3 is 20.3 Å². The molecule has 2 aliphatic heterocycles. The van der Waals surface area contributed by atoms with Crippen LogP contribution in [0.15, 0.2) is 132 Å². The summed E-state index contributed by atoms with van der Waals surface area (Å²) in [5.41, 5.74) is 4.99. The van der Waals surface area contributed by atoms with Crippen LogP contribution in [0.1, 0.15) is 69.2 Å². The third-order valence-electron chi connectivity index (χ3n) is 14.4. The second-order valence-electron chi connectivity index (χ2n) is 19.8. The number of rotatable bonds is 18. The van der Waals surface area contributed by atoms with Gasteiger partial charge in [0.15, 0.2) is 11.8 Å². The third kappa shape index (κ3) is 13.5. The number of urea groups is 1. The predicted octanol–water partition coefficient (Wildman–Crippen LogP) is 11.9. The zero-order valence-electron chi connectivity index (χ0n) is 46.3. The van der Waals surface area contributed by atoms with Gasteiger partial charge in [-0.1, -0.05) is 139 Å². The van der Waals surface area contributed by atoms with Crippen LogP contribution in [0.25, 0.3) is 11.0 Å². The van der Waals surface area contributed by atoms with Crippen LogP contribution >= 0.6 is 46.4 Å². The number of fused-ring (bicyclic) bond motifs is 2. The number of para-hydroxylation sites is 2. The van der Waals surface area contributed by atoms with Crippen LogP contribution in [0.4, 0.5) is 27.5 Å². The predicted molar refractivity (Wildman–Crippen MR) is 322 cm³/mol. The topological polar surface area (TPSA) is 222 Å². The van der Waals surface area contributed by atoms with Crippen LogP contribution in [0.3, 0.4) is 0 Å². The number of ketones is 1. The van der Waals surface area contributed by atoms with Crippen LogP contribution in [-0.4, -0.2) is 94.1 Å². The number of aryl methyl sites for hydroxylation is 2. The number of carbonyl (C=O) groups is 6. The van der Waals surface area contributed by atoms with Gasteiger partial charge >= 0.3 is 6.03 Å². The van der Waals surface area contributed by atoms with E-state index < -0.39 is 69.1 Å². The van der Waals surface area contributed by atoms with E-state index in [1.807, 2.05) is 94.4 Å². The Balaban J connectivity index is 0.000000214. The van der Waals surface area contributed by atoms with Gasteiger partial charge in [-0.25, -0.2) is 22.8 Å². The molecule has 1 saturated carbocycles. The second kappa shape index (κ2) is 26.5. The van der Waals surface area contributed by atoms with Gasteiger partial charge in [0.1, 0.15) is 11.4 Å². The highest BCUT2D eigenvalue weighted by Gasteiger charge is 2.59. The Kier molecular flexibility index (Phi) is 19.7. The molecule has 0 spiro atoms. The SMILES string of the molecule is CC.CCOC1C(=O)N(C(C(=O)Nc2cc(C)c(Cl)cc2Cl)C(=O)C2(CC)CC2)C(=O)N1Cc1ccccc1.Cc1ccc(Cl)c(NS(=O)(=O)c2ccc(Cl)c(NC(=O)C(Cn3nnc4ccccc43)C(=O)N3CCc4ccccc43)c2)c1. The summed E-state index contributed by atoms with van der Waals surface area (Å²) >= 11 is 25.0. The van der Waals surface area contributed by atoms with Gasteiger partial charge in [0.05, 0.1) is 55.6 Å². The Morgan fingerprint density at radius 1 is 0.747 bits per heavy atom. The molecule has 3 heterocycles. The summed E-state index contributed by atoms with van der Waals surface area (Å²) in [6.45, 7) is 11.7. The van der Waals surface area contributed by atoms with Crippen molar-refractivity contribution >= 4 is 126 Å². The maximum absolute atomic E-state index is 14.0. The summed E-state index contributed by atoms with van der Waals surface area (Å²) in [5, 5.41) is 14.6. The van der Waals surface area contributed by atoms with E-state index in [9.17, 15) is 37.2 Å². The molecule has 3 aliphatic rings. The Morgan fingerprint density at radius 2 is 1.40 bits per heavy atom. The highest BCUT2D eigenvalue weighted by molar-refractivity contribution is 7.92. The number of halogens is 4. The molecular weight excluding hydrogens is 1160 g/mol. The Hall–Kier alpha value is -7.39. The minimum Gasteiger partial charge on any atom is -0.350 e. The molecule has 3 N–H and O–H groups in total. The summed E-state index contributed by atoms with van der Waals surface area (Å²) < 4.78 is 36.2. The molecule has 18 nitrogen and oxygen atoms in total. The fourth-order valence-corrected chi connectivity index (χ4v) is 11.7. The standard InChI is InChI=1S/C31H26Cl2N6O4S.C27H29Cl2N3O5.C2H6/c1-19-10-12-24(33)27(16-19)36-44(42,43)21-11-13-23(32)26(17-21)34-30(40)22(18-39-29-9-5-3-7-25(29)35-37-39)31(41)38-15-14-20-6-2-4-8-28(20)38;1-4-27(11-12-27)22(33)21(23(34)30-20-13-16(3)18(28)14-19(20)29)32-24(35)25(37-5-2)31(26(32)36)15-17-9-7-6-8-10-17;1-2/h2-13,16-17,22,36H,14-15,18H2,1H3,(H,34,40);6-10,13-14,21,25H,4-5,11-12,15H2,1-3H3,(H,30,34);1-2H3. The fraction of sp³-hybridized carbons (Fsp3) is 0.300. The lowest BCUT2D eigenvalue weighted by molar-refractivity contribution is -0.149. The summed E-state index contributed by atoms with van der Waals surface area (Å²) in [4.78, 5) is 86.1. The molecule has 10 rings (SSSR count). The number of benzene rings is 6. The van der Waals surface area contributed by atoms with Gasteiger partial charge in [-0.15, -0.1) is 5.10 Å². The molecule has 1 aromatic heterocycles. The van der Waals surface area contributed by atoms with Gasteiger partial charge in [-0.3, -0.25) is 33.6 Å². The van der Waals surface area contributed by atoms with Gasteiger partial charge in [0.2, 0.25) is 18.0 Å². The van der Waals surface area contributed by atoms with Crippen molar-refractivity contribution in [3.8, 4) is 0 Å². The number of hydrogen-bond acceptors (Lipinski definition) is 11. The van der Waals surface area contributed by atoms with Crippen LogP contribution in [-0.2, 0) is 58.2 Å². The molecule has 83 heavy (non-hydrogen) atoms. The Bertz CT molecular complexity index is 3730. The lowest BCUT2D eigenvalue weighted by Crippen LogP contribution is -2.54. The molecule has 3 unspecified atom stereocenters. The molecule has 7 aromatic rings. The number of ether oxygens (including phenoxy) is 1. The number of nitrogens with zero attached hydrogens (tertiary/aromatic N) is 6. The number of imide groups is 1. The molecule has 434 valence electrons. The van der Waals surface area contributed by atoms with Gasteiger partial charge in [-0.2, -0.15) is 0 Å². The van der Waals surface area contributed by atoms with Crippen LogP contribution in [0.5, 0.6) is 0 Å². The fourth-order valence-electron chi connectivity index (χ4n) is 9.76. The van der Waals surface area contributed by atoms with Crippen molar-refractivity contribution in [1.82, 2.24) is 24.8 Å². The Labute approximate surface area is 501 Å². The molecule has 6 aromatic carbocycles. The lowest BCUT2D eigenvalue weighted by Gasteiger charge is -2.27. The monoisotopic (exact) mass is 1220 g/mol. The average Bonchev–Trinajstić information content (AvgIpc) is 4.18. The summed E-state index contributed by atoms with van der Waals surface area (Å²) in [5.74, 6) is -4.37. The van der Waals surface area contributed by atoms with E-state index in [1.54, 1.807) is 55.1 Å². The van der Waals surface area contributed by atoms with Gasteiger partial charge in [0.25, 0.3) is 21.8 Å². The third-order valence-corrected chi connectivity index (χ3v) is 17.2. The first-order valence-corrected chi connectivity index (χ1v) is 29.9. The molecule has 0 bridgehead atoms. The summed E-state index contributed by atoms with van der Waals surface area (Å²) in [6.07, 6.45) is 1.08. The first kappa shape index (κ1) is 61.7. The number of anilines is 4. The molecule has 6 amide bonds. The maximum atomic E-state index is 14.0. The zero-order valence-corrected chi connectivity index (χ0v) is 50.1. The van der Waals surface area contributed by atoms with Crippen molar-refractivity contribution in [3.05, 3.63) is 170 Å². The van der Waals surface area contributed by atoms with Crippen molar-refractivity contribution in [1.29, 1.82) is 0 Å². The smallest absolute Gasteiger partial charge is 0.330 e. The number of nitrogens with one attached hydrogen (secondary N) is 3. The molecule has 0 radical (unpaired) electrons. The largest absolute Gasteiger partial charge is 0.350 e. The van der Waals surface area contributed by atoms with E-state index in [4.69, 9.17) is 51.1 Å². The summed E-state index contributed by atoms with van der Waals surface area (Å²) in [7, 11) is -4.12. The number of amides is 6. The average molecular weight is 1230 g/mol. The number of aromatic nitrogens is 3. The minimum atomic E-state index is -4.12. The molecule has 23 heteroatoms. The van der Waals surface area contributed by atoms with Gasteiger partial charge in [-0.05, 0) is 129 Å². The number of sulfonamides is 1. The number of hydrogen-bond donors (Lipinski definition) is 3. The van der Waals surface area contributed by atoms with Gasteiger partial charge in [0, 0.05) is 29.3 Å². The number of carbonyl (C=O) groups excluding carboxylic acids is 6. The highest BCUT2D eigenvalue weighted by atomic mass is 35.5. The molecule has 1 saturated heterocycles. The molecular formula is C60H61Cl4N9O9S. The molecule has 3 atom stereocenters. The summed E-state index contributed by atoms with van der Waals surface area (Å²) in [6, 6.07) is 33.4. The minimum absolute atomic E-state index is 0.0259. The first-order valence-electron chi connectivity index (χ1n) is 26.9. The van der Waals surface area contributed by atoms with Crippen LogP contribution < -0.4 is 20.3 Å². The zero-order chi connectivity index (χ0) is 59.9. The van der Waals surface area contributed by atoms with Crippen molar-refractivity contribution in [2.75, 3.05) is 33.4 Å². The van der Waals surface area contributed by atoms with E-state index >= 15 is 0 Å². The quantitative estimate of drug-likeness (QED) is 0.0541. The highest BCUT2D eigenvalue weighted by Crippen LogP contribution is 2.51. The maximum Gasteiger partial charge on any atom is 0.330 e. The van der Waals surface area contributed by atoms with E-state index in [1.165, 1.54) is 33.8 Å². The van der Waals surface area contributed by atoms with E-state index in [0.29, 0.717) is 53.8 Å². The second-order valence-corrected chi connectivity index (χ2v) is 23.1. The van der Waals surface area contributed by atoms with E-state index in [-0.39, 0.29) is 56.7 Å². The van der Waals surface area contributed by atoms with Crippen molar-refractivity contribution in [2.24, 2.45) is 11.3 Å². The van der Waals surface area contributed by atoms with Crippen molar-refractivity contribution in [2.45, 2.75) is 97.5 Å². The van der Waals surface area contributed by atoms with Crippen molar-refractivity contribution in [3.63, 3.8) is 0 Å².